The lowest BCUT2D eigenvalue weighted by Gasteiger charge is -2.21. The summed E-state index contributed by atoms with van der Waals surface area (Å²) in [6, 6.07) is 1.70. The predicted octanol–water partition coefficient (Wildman–Crippen LogP) is 0.328. The summed E-state index contributed by atoms with van der Waals surface area (Å²) >= 11 is 0. The molecule has 0 fully saturated rings. The molecular weight excluding hydrogens is 206 g/mol. The maximum absolute atomic E-state index is 11.1. The zero-order valence-electron chi connectivity index (χ0n) is 10.2. The van der Waals surface area contributed by atoms with E-state index in [2.05, 4.69) is 16.2 Å². The Hall–Kier alpha value is -2.14. The van der Waals surface area contributed by atoms with Crippen LogP contribution in [0.15, 0.2) is 22.9 Å². The molecule has 0 aliphatic carbocycles. The lowest BCUT2D eigenvalue weighted by Crippen LogP contribution is -2.23. The summed E-state index contributed by atoms with van der Waals surface area (Å²) in [7, 11) is 8.52. The molecular formula is C11H15N3O2. The average molecular weight is 221 g/mol. The standard InChI is InChI=1S/C11H15N3O2/c1-13(2)10(14(3)4)7-6-9(8-12)11(15)16-5/h1-5H3. The largest absolute Gasteiger partial charge is 0.464 e. The highest BCUT2D eigenvalue weighted by molar-refractivity contribution is 5.92. The van der Waals surface area contributed by atoms with Crippen LogP contribution in [0.5, 0.6) is 0 Å². The van der Waals surface area contributed by atoms with Crippen LogP contribution in [0.2, 0.25) is 0 Å². The van der Waals surface area contributed by atoms with E-state index in [0.717, 1.165) is 0 Å². The van der Waals surface area contributed by atoms with Gasteiger partial charge in [-0.25, -0.2) is 4.79 Å². The molecule has 0 aliphatic heterocycles. The predicted molar refractivity (Wildman–Crippen MR) is 59.1 cm³/mol. The molecule has 0 saturated carbocycles. The molecule has 5 heteroatoms. The first-order chi connectivity index (χ1) is 7.43. The van der Waals surface area contributed by atoms with Gasteiger partial charge in [-0.05, 0) is 11.5 Å². The van der Waals surface area contributed by atoms with Gasteiger partial charge in [-0.3, -0.25) is 0 Å². The van der Waals surface area contributed by atoms with Crippen LogP contribution in [0.4, 0.5) is 0 Å². The molecule has 0 atom stereocenters. The highest BCUT2D eigenvalue weighted by Crippen LogP contribution is 1.99. The van der Waals surface area contributed by atoms with Gasteiger partial charge in [0.15, 0.2) is 11.4 Å². The minimum atomic E-state index is -0.716. The minimum absolute atomic E-state index is 0.205. The minimum Gasteiger partial charge on any atom is -0.464 e. The topological polar surface area (TPSA) is 56.6 Å². The van der Waals surface area contributed by atoms with Gasteiger partial charge in [-0.1, -0.05) is 0 Å². The van der Waals surface area contributed by atoms with Crippen molar-refractivity contribution in [2.45, 2.75) is 0 Å². The van der Waals surface area contributed by atoms with E-state index < -0.39 is 5.97 Å². The molecule has 16 heavy (non-hydrogen) atoms. The second kappa shape index (κ2) is 6.36. The fourth-order valence-corrected chi connectivity index (χ4v) is 0.969. The van der Waals surface area contributed by atoms with Crippen molar-refractivity contribution in [3.05, 3.63) is 22.9 Å². The molecule has 0 heterocycles. The number of nitriles is 1. The van der Waals surface area contributed by atoms with E-state index in [9.17, 15) is 4.79 Å². The summed E-state index contributed by atoms with van der Waals surface area (Å²) in [5.41, 5.74) is 5.03. The maximum atomic E-state index is 11.1. The molecule has 0 radical (unpaired) electrons. The Morgan fingerprint density at radius 2 is 1.62 bits per heavy atom. The van der Waals surface area contributed by atoms with Crippen LogP contribution in [0, 0.1) is 11.3 Å². The quantitative estimate of drug-likeness (QED) is 0.297. The molecule has 0 bridgehead atoms. The number of nitrogens with zero attached hydrogens (tertiary/aromatic N) is 3. The first-order valence-corrected chi connectivity index (χ1v) is 4.53. The lowest BCUT2D eigenvalue weighted by molar-refractivity contribution is -0.135. The van der Waals surface area contributed by atoms with Gasteiger partial charge in [-0.15, -0.1) is 0 Å². The van der Waals surface area contributed by atoms with Crippen molar-refractivity contribution in [2.24, 2.45) is 0 Å². The molecule has 0 aliphatic rings. The maximum Gasteiger partial charge on any atom is 0.357 e. The SMILES string of the molecule is COC(=O)C(=C=C=C(N(C)C)N(C)C)C#N. The zero-order chi connectivity index (χ0) is 12.7. The fraction of sp³-hybridized carbons (Fsp3) is 0.455. The molecule has 0 aromatic rings. The fourth-order valence-electron chi connectivity index (χ4n) is 0.969. The smallest absolute Gasteiger partial charge is 0.357 e. The van der Waals surface area contributed by atoms with Gasteiger partial charge in [0, 0.05) is 28.2 Å². The van der Waals surface area contributed by atoms with Gasteiger partial charge >= 0.3 is 5.97 Å². The Labute approximate surface area is 95.5 Å². The number of carbonyl (C=O) groups excluding carboxylic acids is 1. The van der Waals surface area contributed by atoms with E-state index in [1.807, 2.05) is 28.2 Å². The molecule has 0 aromatic carbocycles. The van der Waals surface area contributed by atoms with E-state index in [4.69, 9.17) is 5.26 Å². The molecule has 0 spiro atoms. The number of hydrogen-bond acceptors (Lipinski definition) is 5. The van der Waals surface area contributed by atoms with Crippen molar-refractivity contribution < 1.29 is 9.53 Å². The third-order valence-electron chi connectivity index (χ3n) is 1.65. The Morgan fingerprint density at radius 1 is 1.12 bits per heavy atom. The lowest BCUT2D eigenvalue weighted by atomic mass is 10.3. The number of methoxy groups -OCH3 is 1. The van der Waals surface area contributed by atoms with Crippen molar-refractivity contribution in [1.82, 2.24) is 9.80 Å². The molecule has 5 nitrogen and oxygen atoms in total. The van der Waals surface area contributed by atoms with E-state index in [1.54, 1.807) is 15.9 Å². The Balaban J connectivity index is 5.59. The summed E-state index contributed by atoms with van der Waals surface area (Å²) in [6.45, 7) is 0. The third-order valence-corrected chi connectivity index (χ3v) is 1.65. The summed E-state index contributed by atoms with van der Waals surface area (Å²) < 4.78 is 4.42. The molecule has 0 aromatic heterocycles. The molecule has 0 amide bonds. The van der Waals surface area contributed by atoms with Crippen LogP contribution in [-0.2, 0) is 9.53 Å². The van der Waals surface area contributed by atoms with E-state index in [-0.39, 0.29) is 5.57 Å². The number of ether oxygens (including phenoxy) is 1. The normalized spacial score (nSPS) is 8.00. The van der Waals surface area contributed by atoms with Crippen LogP contribution >= 0.6 is 0 Å². The monoisotopic (exact) mass is 221 g/mol. The van der Waals surface area contributed by atoms with E-state index in [1.165, 1.54) is 7.11 Å². The second-order valence-electron chi connectivity index (χ2n) is 3.34. The van der Waals surface area contributed by atoms with Crippen molar-refractivity contribution in [3.63, 3.8) is 0 Å². The van der Waals surface area contributed by atoms with Crippen LogP contribution < -0.4 is 0 Å². The third kappa shape index (κ3) is 3.93. The Morgan fingerprint density at radius 3 is 1.94 bits per heavy atom. The first-order valence-electron chi connectivity index (χ1n) is 4.53. The summed E-state index contributed by atoms with van der Waals surface area (Å²) in [6.07, 6.45) is 0. The van der Waals surface area contributed by atoms with E-state index in [0.29, 0.717) is 5.82 Å². The van der Waals surface area contributed by atoms with Gasteiger partial charge in [0.25, 0.3) is 0 Å². The molecule has 86 valence electrons. The van der Waals surface area contributed by atoms with Crippen molar-refractivity contribution in [1.29, 1.82) is 5.26 Å². The van der Waals surface area contributed by atoms with Crippen LogP contribution in [0.1, 0.15) is 0 Å². The van der Waals surface area contributed by atoms with Gasteiger partial charge in [0.05, 0.1) is 7.11 Å². The first kappa shape index (κ1) is 13.9. The Kier molecular flexibility index (Phi) is 5.51. The van der Waals surface area contributed by atoms with Gasteiger partial charge < -0.3 is 14.5 Å². The number of carbonyl (C=O) groups is 1. The zero-order valence-corrected chi connectivity index (χ0v) is 10.2. The highest BCUT2D eigenvalue weighted by atomic mass is 16.5. The van der Waals surface area contributed by atoms with Crippen molar-refractivity contribution >= 4 is 5.97 Å². The number of hydrogen-bond donors (Lipinski definition) is 0. The average Bonchev–Trinajstić information content (AvgIpc) is 2.22. The highest BCUT2D eigenvalue weighted by Gasteiger charge is 2.07. The molecule has 0 unspecified atom stereocenters. The number of rotatable bonds is 3. The van der Waals surface area contributed by atoms with Gasteiger partial charge in [0.1, 0.15) is 6.07 Å². The summed E-state index contributed by atoms with van der Waals surface area (Å²) in [5.74, 6) is -0.0245. The summed E-state index contributed by atoms with van der Waals surface area (Å²) in [4.78, 5) is 14.7. The molecule has 0 rings (SSSR count). The van der Waals surface area contributed by atoms with E-state index >= 15 is 0 Å². The van der Waals surface area contributed by atoms with Crippen molar-refractivity contribution in [2.75, 3.05) is 35.3 Å². The van der Waals surface area contributed by atoms with Gasteiger partial charge in [0.2, 0.25) is 0 Å². The molecule has 0 saturated heterocycles. The number of esters is 1. The second-order valence-corrected chi connectivity index (χ2v) is 3.34. The van der Waals surface area contributed by atoms with Gasteiger partial charge in [-0.2, -0.15) is 5.26 Å². The van der Waals surface area contributed by atoms with Crippen LogP contribution in [0.25, 0.3) is 0 Å². The van der Waals surface area contributed by atoms with Crippen LogP contribution in [-0.4, -0.2) is 51.1 Å². The van der Waals surface area contributed by atoms with Crippen molar-refractivity contribution in [3.8, 4) is 6.07 Å². The molecule has 0 N–H and O–H groups in total. The summed E-state index contributed by atoms with van der Waals surface area (Å²) in [5, 5.41) is 8.69. The van der Waals surface area contributed by atoms with Crippen LogP contribution in [0.3, 0.4) is 0 Å². The Bertz CT molecular complexity index is 393.